The summed E-state index contributed by atoms with van der Waals surface area (Å²) in [5.74, 6) is 0.465. The third-order valence-corrected chi connectivity index (χ3v) is 3.73. The number of nitrogens with two attached hydrogens (primary N) is 1. The fourth-order valence-corrected chi connectivity index (χ4v) is 2.46. The highest BCUT2D eigenvalue weighted by atomic mass is 79.9. The summed E-state index contributed by atoms with van der Waals surface area (Å²) in [5.41, 5.74) is 7.29. The summed E-state index contributed by atoms with van der Waals surface area (Å²) in [6, 6.07) is 9.98. The van der Waals surface area contributed by atoms with Crippen molar-refractivity contribution >= 4 is 21.6 Å². The second-order valence-electron chi connectivity index (χ2n) is 4.51. The van der Waals surface area contributed by atoms with Gasteiger partial charge in [0.25, 0.3) is 0 Å². The van der Waals surface area contributed by atoms with Crippen molar-refractivity contribution in [1.82, 2.24) is 9.38 Å². The van der Waals surface area contributed by atoms with Crippen molar-refractivity contribution in [2.45, 2.75) is 6.42 Å². The van der Waals surface area contributed by atoms with Gasteiger partial charge in [0.05, 0.1) is 10.2 Å². The number of aromatic nitrogens is 2. The lowest BCUT2D eigenvalue weighted by Gasteiger charge is -2.07. The number of pyridine rings is 1. The lowest BCUT2D eigenvalue weighted by Crippen LogP contribution is -2.06. The van der Waals surface area contributed by atoms with Crippen LogP contribution in [-0.4, -0.2) is 15.9 Å². The van der Waals surface area contributed by atoms with E-state index in [0.717, 1.165) is 11.3 Å². The molecule has 0 unspecified atom stereocenters. The number of imidazole rings is 1. The standard InChI is InChI=1S/C15H13BrFN3O/c16-11-5-4-10(17)9-13(11)21-15-12(6-7-18)20-8-2-1-3-14(20)19-15/h1-5,8-9H,6-7,18H2. The van der Waals surface area contributed by atoms with Crippen molar-refractivity contribution in [3.63, 3.8) is 0 Å². The molecular weight excluding hydrogens is 337 g/mol. The molecular formula is C15H13BrFN3O. The van der Waals surface area contributed by atoms with Crippen LogP contribution in [0.4, 0.5) is 4.39 Å². The summed E-state index contributed by atoms with van der Waals surface area (Å²) in [7, 11) is 0. The van der Waals surface area contributed by atoms with Gasteiger partial charge < -0.3 is 14.9 Å². The van der Waals surface area contributed by atoms with E-state index in [2.05, 4.69) is 20.9 Å². The maximum absolute atomic E-state index is 13.4. The first-order valence-corrected chi connectivity index (χ1v) is 7.27. The Balaban J connectivity index is 2.07. The van der Waals surface area contributed by atoms with Gasteiger partial charge in [-0.15, -0.1) is 0 Å². The Morgan fingerprint density at radius 2 is 2.14 bits per heavy atom. The van der Waals surface area contributed by atoms with Crippen molar-refractivity contribution in [1.29, 1.82) is 0 Å². The van der Waals surface area contributed by atoms with Crippen LogP contribution < -0.4 is 10.5 Å². The van der Waals surface area contributed by atoms with Gasteiger partial charge in [-0.2, -0.15) is 4.98 Å². The zero-order valence-electron chi connectivity index (χ0n) is 11.1. The highest BCUT2D eigenvalue weighted by Crippen LogP contribution is 2.32. The molecule has 6 heteroatoms. The lowest BCUT2D eigenvalue weighted by atomic mass is 10.3. The van der Waals surface area contributed by atoms with E-state index in [1.165, 1.54) is 12.1 Å². The van der Waals surface area contributed by atoms with E-state index in [4.69, 9.17) is 10.5 Å². The van der Waals surface area contributed by atoms with E-state index >= 15 is 0 Å². The molecule has 1 aromatic carbocycles. The molecule has 3 rings (SSSR count). The van der Waals surface area contributed by atoms with Crippen molar-refractivity contribution in [2.24, 2.45) is 5.73 Å². The molecule has 21 heavy (non-hydrogen) atoms. The van der Waals surface area contributed by atoms with Gasteiger partial charge in [-0.1, -0.05) is 6.07 Å². The fourth-order valence-electron chi connectivity index (χ4n) is 2.13. The van der Waals surface area contributed by atoms with E-state index in [1.807, 2.05) is 28.8 Å². The van der Waals surface area contributed by atoms with Gasteiger partial charge in [-0.05, 0) is 46.7 Å². The van der Waals surface area contributed by atoms with Gasteiger partial charge in [-0.25, -0.2) is 4.39 Å². The van der Waals surface area contributed by atoms with E-state index in [0.29, 0.717) is 29.1 Å². The number of ether oxygens (including phenoxy) is 1. The molecule has 0 bridgehead atoms. The second kappa shape index (κ2) is 5.83. The van der Waals surface area contributed by atoms with Gasteiger partial charge in [0.15, 0.2) is 0 Å². The zero-order valence-corrected chi connectivity index (χ0v) is 12.7. The van der Waals surface area contributed by atoms with E-state index in [1.54, 1.807) is 6.07 Å². The normalized spacial score (nSPS) is 11.0. The van der Waals surface area contributed by atoms with Crippen LogP contribution in [0, 0.1) is 5.82 Å². The van der Waals surface area contributed by atoms with Gasteiger partial charge >= 0.3 is 0 Å². The van der Waals surface area contributed by atoms with E-state index in [-0.39, 0.29) is 5.82 Å². The Bertz CT molecular complexity index is 788. The minimum atomic E-state index is -0.364. The minimum Gasteiger partial charge on any atom is -0.436 e. The maximum Gasteiger partial charge on any atom is 0.241 e. The van der Waals surface area contributed by atoms with E-state index in [9.17, 15) is 4.39 Å². The molecule has 0 saturated heterocycles. The van der Waals surface area contributed by atoms with Crippen LogP contribution in [-0.2, 0) is 6.42 Å². The predicted octanol–water partition coefficient (Wildman–Crippen LogP) is 3.53. The Labute approximate surface area is 129 Å². The zero-order chi connectivity index (χ0) is 14.8. The van der Waals surface area contributed by atoms with Crippen LogP contribution in [0.25, 0.3) is 5.65 Å². The molecule has 4 nitrogen and oxygen atoms in total. The number of rotatable bonds is 4. The first-order valence-electron chi connectivity index (χ1n) is 6.48. The Kier molecular flexibility index (Phi) is 3.90. The number of fused-ring (bicyclic) bond motifs is 1. The summed E-state index contributed by atoms with van der Waals surface area (Å²) in [6.07, 6.45) is 2.52. The first-order chi connectivity index (χ1) is 10.2. The topological polar surface area (TPSA) is 52.5 Å². The molecule has 2 heterocycles. The Morgan fingerprint density at radius 3 is 2.95 bits per heavy atom. The Hall–Kier alpha value is -1.92. The fraction of sp³-hybridized carbons (Fsp3) is 0.133. The van der Waals surface area contributed by atoms with Gasteiger partial charge in [0, 0.05) is 18.7 Å². The summed E-state index contributed by atoms with van der Waals surface area (Å²) >= 11 is 3.34. The number of benzene rings is 1. The largest absolute Gasteiger partial charge is 0.436 e. The molecule has 0 saturated carbocycles. The SMILES string of the molecule is NCCc1c(Oc2cc(F)ccc2Br)nc2ccccn12. The van der Waals surface area contributed by atoms with Crippen molar-refractivity contribution in [3.05, 3.63) is 58.6 Å². The molecule has 108 valence electrons. The summed E-state index contributed by atoms with van der Waals surface area (Å²) in [6.45, 7) is 0.476. The molecule has 0 fully saturated rings. The minimum absolute atomic E-state index is 0.364. The van der Waals surface area contributed by atoms with Crippen LogP contribution in [0.3, 0.4) is 0 Å². The monoisotopic (exact) mass is 349 g/mol. The van der Waals surface area contributed by atoms with E-state index < -0.39 is 0 Å². The summed E-state index contributed by atoms with van der Waals surface area (Å²) in [5, 5.41) is 0. The average molecular weight is 350 g/mol. The number of halogens is 2. The van der Waals surface area contributed by atoms with Crippen LogP contribution in [0.15, 0.2) is 47.1 Å². The van der Waals surface area contributed by atoms with Crippen LogP contribution in [0.5, 0.6) is 11.6 Å². The molecule has 2 aromatic heterocycles. The third kappa shape index (κ3) is 2.77. The summed E-state index contributed by atoms with van der Waals surface area (Å²) in [4.78, 5) is 4.44. The second-order valence-corrected chi connectivity index (χ2v) is 5.36. The van der Waals surface area contributed by atoms with Crippen molar-refractivity contribution in [2.75, 3.05) is 6.54 Å². The molecule has 2 N–H and O–H groups in total. The molecule has 0 amide bonds. The number of hydrogen-bond donors (Lipinski definition) is 1. The molecule has 0 radical (unpaired) electrons. The lowest BCUT2D eigenvalue weighted by molar-refractivity contribution is 0.451. The molecule has 0 aliphatic carbocycles. The predicted molar refractivity (Wildman–Crippen MR) is 82.1 cm³/mol. The van der Waals surface area contributed by atoms with Gasteiger partial charge in [0.1, 0.15) is 17.2 Å². The molecule has 0 atom stereocenters. The summed E-state index contributed by atoms with van der Waals surface area (Å²) < 4.78 is 21.7. The van der Waals surface area contributed by atoms with Crippen molar-refractivity contribution < 1.29 is 9.13 Å². The highest BCUT2D eigenvalue weighted by Gasteiger charge is 2.15. The quantitative estimate of drug-likeness (QED) is 0.783. The highest BCUT2D eigenvalue weighted by molar-refractivity contribution is 9.10. The van der Waals surface area contributed by atoms with Crippen LogP contribution in [0.1, 0.15) is 5.69 Å². The Morgan fingerprint density at radius 1 is 1.29 bits per heavy atom. The van der Waals surface area contributed by atoms with Crippen molar-refractivity contribution in [3.8, 4) is 11.6 Å². The molecule has 0 aliphatic rings. The smallest absolute Gasteiger partial charge is 0.241 e. The van der Waals surface area contributed by atoms with Crippen LogP contribution >= 0.6 is 15.9 Å². The third-order valence-electron chi connectivity index (χ3n) is 3.07. The van der Waals surface area contributed by atoms with Gasteiger partial charge in [-0.3, -0.25) is 0 Å². The van der Waals surface area contributed by atoms with Gasteiger partial charge in [0.2, 0.25) is 5.88 Å². The number of nitrogens with zero attached hydrogens (tertiary/aromatic N) is 2. The molecule has 0 spiro atoms. The van der Waals surface area contributed by atoms with Crippen LogP contribution in [0.2, 0.25) is 0 Å². The average Bonchev–Trinajstić information content (AvgIpc) is 2.81. The number of hydrogen-bond acceptors (Lipinski definition) is 3. The molecule has 0 aliphatic heterocycles. The molecule has 3 aromatic rings. The first kappa shape index (κ1) is 14.0. The maximum atomic E-state index is 13.4.